The summed E-state index contributed by atoms with van der Waals surface area (Å²) in [5, 5.41) is 0. The van der Waals surface area contributed by atoms with Crippen molar-refractivity contribution in [3.05, 3.63) is 12.7 Å². The van der Waals surface area contributed by atoms with Crippen molar-refractivity contribution >= 4 is 5.91 Å². The molecule has 0 aromatic carbocycles. The van der Waals surface area contributed by atoms with Crippen LogP contribution in [-0.2, 0) is 9.53 Å². The van der Waals surface area contributed by atoms with Gasteiger partial charge in [0.15, 0.2) is 0 Å². The van der Waals surface area contributed by atoms with E-state index in [1.165, 1.54) is 5.43 Å². The minimum Gasteiger partial charge on any atom is -0.308 e. The molecule has 0 atom stereocenters. The maximum atomic E-state index is 12.2. The lowest BCUT2D eigenvalue weighted by molar-refractivity contribution is -0.226. The summed E-state index contributed by atoms with van der Waals surface area (Å²) >= 11 is 0. The minimum absolute atomic E-state index is 0.416. The molecule has 0 aromatic heterocycles. The fourth-order valence-electron chi connectivity index (χ4n) is 0.313. The lowest BCUT2D eigenvalue weighted by atomic mass is 10.6. The summed E-state index contributed by atoms with van der Waals surface area (Å²) in [5.74, 6) is 2.76. The van der Waals surface area contributed by atoms with Crippen LogP contribution in [0.5, 0.6) is 0 Å². The molecule has 0 radical (unpaired) electrons. The molecule has 0 saturated heterocycles. The molecule has 0 heterocycles. The lowest BCUT2D eigenvalue weighted by Gasteiger charge is -2.12. The molecular formula is C5H8F2N2O2. The van der Waals surface area contributed by atoms with Gasteiger partial charge in [-0.25, -0.2) is 5.84 Å². The Labute approximate surface area is 62.0 Å². The molecule has 0 aromatic rings. The Hall–Kier alpha value is -1.01. The van der Waals surface area contributed by atoms with E-state index >= 15 is 0 Å². The zero-order chi connectivity index (χ0) is 8.91. The third-order valence-electron chi connectivity index (χ3n) is 0.778. The molecule has 0 rings (SSSR count). The number of ether oxygens (including phenoxy) is 1. The molecule has 3 N–H and O–H groups in total. The number of rotatable bonds is 4. The van der Waals surface area contributed by atoms with E-state index in [-0.39, 0.29) is 0 Å². The van der Waals surface area contributed by atoms with Crippen LogP contribution < -0.4 is 11.3 Å². The number of hydrogen-bond donors (Lipinski definition) is 2. The number of carbonyl (C=O) groups is 1. The first kappa shape index (κ1) is 9.99. The number of carbonyl (C=O) groups excluding carboxylic acids is 1. The number of nitrogens with two attached hydrogens (primary N) is 1. The first-order valence-electron chi connectivity index (χ1n) is 2.68. The van der Waals surface area contributed by atoms with Crippen LogP contribution in [0.2, 0.25) is 0 Å². The first-order valence-corrected chi connectivity index (χ1v) is 2.68. The molecule has 64 valence electrons. The van der Waals surface area contributed by atoms with Gasteiger partial charge in [-0.1, -0.05) is 6.08 Å². The zero-order valence-corrected chi connectivity index (χ0v) is 5.64. The summed E-state index contributed by atoms with van der Waals surface area (Å²) in [6.07, 6.45) is -2.79. The van der Waals surface area contributed by atoms with Crippen LogP contribution in [-0.4, -0.2) is 18.6 Å². The van der Waals surface area contributed by atoms with Crippen LogP contribution in [0.25, 0.3) is 0 Å². The Kier molecular flexibility index (Phi) is 3.63. The van der Waals surface area contributed by atoms with E-state index in [4.69, 9.17) is 0 Å². The van der Waals surface area contributed by atoms with Crippen molar-refractivity contribution < 1.29 is 18.3 Å². The normalized spacial score (nSPS) is 10.8. The minimum atomic E-state index is -3.89. The van der Waals surface area contributed by atoms with Crippen LogP contribution in [0.1, 0.15) is 0 Å². The summed E-state index contributed by atoms with van der Waals surface area (Å²) in [4.78, 5) is 10.2. The van der Waals surface area contributed by atoms with Crippen LogP contribution in [0, 0.1) is 0 Å². The SMILES string of the molecule is C=CCOC(F)(F)C(=O)NN. The quantitative estimate of drug-likeness (QED) is 0.262. The fourth-order valence-corrected chi connectivity index (χ4v) is 0.313. The van der Waals surface area contributed by atoms with Gasteiger partial charge >= 0.3 is 12.0 Å². The molecule has 0 spiro atoms. The number of halogens is 2. The summed E-state index contributed by atoms with van der Waals surface area (Å²) in [5.41, 5.74) is 1.27. The van der Waals surface area contributed by atoms with Gasteiger partial charge in [-0.05, 0) is 0 Å². The Morgan fingerprint density at radius 1 is 1.82 bits per heavy atom. The smallest absolute Gasteiger partial charge is 0.308 e. The second-order valence-corrected chi connectivity index (χ2v) is 1.59. The van der Waals surface area contributed by atoms with E-state index in [1.807, 2.05) is 0 Å². The van der Waals surface area contributed by atoms with E-state index in [2.05, 4.69) is 17.2 Å². The van der Waals surface area contributed by atoms with Crippen molar-refractivity contribution in [1.82, 2.24) is 5.43 Å². The number of hydrazine groups is 1. The highest BCUT2D eigenvalue weighted by atomic mass is 19.3. The fraction of sp³-hybridized carbons (Fsp3) is 0.400. The highest BCUT2D eigenvalue weighted by Gasteiger charge is 2.39. The third kappa shape index (κ3) is 3.06. The summed E-state index contributed by atoms with van der Waals surface area (Å²) < 4.78 is 28.3. The van der Waals surface area contributed by atoms with Gasteiger partial charge < -0.3 is 4.74 Å². The second-order valence-electron chi connectivity index (χ2n) is 1.59. The molecule has 0 aliphatic rings. The Bertz CT molecular complexity index is 161. The number of nitrogens with one attached hydrogen (secondary N) is 1. The monoisotopic (exact) mass is 166 g/mol. The molecular weight excluding hydrogens is 158 g/mol. The maximum Gasteiger partial charge on any atom is 0.438 e. The maximum absolute atomic E-state index is 12.2. The average molecular weight is 166 g/mol. The number of amides is 1. The van der Waals surface area contributed by atoms with Gasteiger partial charge in [-0.2, -0.15) is 8.78 Å². The van der Waals surface area contributed by atoms with Crippen LogP contribution in [0.4, 0.5) is 8.78 Å². The van der Waals surface area contributed by atoms with Gasteiger partial charge in [0.25, 0.3) is 0 Å². The molecule has 0 unspecified atom stereocenters. The van der Waals surface area contributed by atoms with E-state index < -0.39 is 18.6 Å². The predicted octanol–water partition coefficient (Wildman–Crippen LogP) is -0.228. The molecule has 0 fully saturated rings. The Balaban J connectivity index is 3.97. The van der Waals surface area contributed by atoms with Gasteiger partial charge in [0.05, 0.1) is 6.61 Å². The average Bonchev–Trinajstić information content (AvgIpc) is 1.99. The largest absolute Gasteiger partial charge is 0.438 e. The van der Waals surface area contributed by atoms with E-state index in [0.717, 1.165) is 6.08 Å². The molecule has 1 amide bonds. The second kappa shape index (κ2) is 3.99. The van der Waals surface area contributed by atoms with Crippen molar-refractivity contribution in [2.45, 2.75) is 6.11 Å². The first-order chi connectivity index (χ1) is 5.04. The molecule has 0 bridgehead atoms. The van der Waals surface area contributed by atoms with Gasteiger partial charge in [-0.3, -0.25) is 10.2 Å². The van der Waals surface area contributed by atoms with Crippen molar-refractivity contribution in [3.8, 4) is 0 Å². The molecule has 4 nitrogen and oxygen atoms in total. The molecule has 6 heteroatoms. The summed E-state index contributed by atoms with van der Waals surface area (Å²) in [6, 6.07) is 0. The Morgan fingerprint density at radius 2 is 2.36 bits per heavy atom. The summed E-state index contributed by atoms with van der Waals surface area (Å²) in [6.45, 7) is 2.71. The van der Waals surface area contributed by atoms with Crippen LogP contribution in [0.15, 0.2) is 12.7 Å². The topological polar surface area (TPSA) is 64.3 Å². The van der Waals surface area contributed by atoms with Gasteiger partial charge in [0.2, 0.25) is 0 Å². The molecule has 0 saturated carbocycles. The lowest BCUT2D eigenvalue weighted by Crippen LogP contribution is -2.45. The summed E-state index contributed by atoms with van der Waals surface area (Å²) in [7, 11) is 0. The predicted molar refractivity (Wildman–Crippen MR) is 33.4 cm³/mol. The van der Waals surface area contributed by atoms with Gasteiger partial charge in [-0.15, -0.1) is 6.58 Å². The molecule has 0 aliphatic heterocycles. The van der Waals surface area contributed by atoms with E-state index in [1.54, 1.807) is 0 Å². The molecule has 0 aliphatic carbocycles. The van der Waals surface area contributed by atoms with Crippen molar-refractivity contribution in [1.29, 1.82) is 0 Å². The van der Waals surface area contributed by atoms with Gasteiger partial charge in [0, 0.05) is 0 Å². The van der Waals surface area contributed by atoms with Crippen molar-refractivity contribution in [2.75, 3.05) is 6.61 Å². The number of hydrogen-bond acceptors (Lipinski definition) is 3. The Morgan fingerprint density at radius 3 is 2.73 bits per heavy atom. The van der Waals surface area contributed by atoms with Crippen LogP contribution >= 0.6 is 0 Å². The highest BCUT2D eigenvalue weighted by molar-refractivity contribution is 5.81. The van der Waals surface area contributed by atoms with E-state index in [0.29, 0.717) is 0 Å². The van der Waals surface area contributed by atoms with Gasteiger partial charge in [0.1, 0.15) is 0 Å². The highest BCUT2D eigenvalue weighted by Crippen LogP contribution is 2.14. The third-order valence-corrected chi connectivity index (χ3v) is 0.778. The van der Waals surface area contributed by atoms with Crippen molar-refractivity contribution in [3.63, 3.8) is 0 Å². The molecule has 11 heavy (non-hydrogen) atoms. The van der Waals surface area contributed by atoms with Crippen LogP contribution in [0.3, 0.4) is 0 Å². The van der Waals surface area contributed by atoms with E-state index in [9.17, 15) is 13.6 Å². The zero-order valence-electron chi connectivity index (χ0n) is 5.64. The van der Waals surface area contributed by atoms with Crippen molar-refractivity contribution in [2.24, 2.45) is 5.84 Å². The number of alkyl halides is 2. The standard InChI is InChI=1S/C5H8F2N2O2/c1-2-3-11-5(6,7)4(10)9-8/h2H,1,3,8H2,(H,9,10).